The Balaban J connectivity index is 2.45. The fourth-order valence-corrected chi connectivity index (χ4v) is 1.42. The lowest BCUT2D eigenvalue weighted by Gasteiger charge is -2.19. The summed E-state index contributed by atoms with van der Waals surface area (Å²) in [6.07, 6.45) is 7.19. The van der Waals surface area contributed by atoms with E-state index < -0.39 is 0 Å². The van der Waals surface area contributed by atoms with Gasteiger partial charge in [0.15, 0.2) is 6.19 Å². The molecule has 2 nitrogen and oxygen atoms in total. The summed E-state index contributed by atoms with van der Waals surface area (Å²) in [5, 5.41) is 8.66. The van der Waals surface area contributed by atoms with Crippen LogP contribution in [-0.2, 0) is 0 Å². The van der Waals surface area contributed by atoms with Gasteiger partial charge in [-0.25, -0.2) is 0 Å². The normalized spacial score (nSPS) is 27.2. The Morgan fingerprint density at radius 2 is 2.20 bits per heavy atom. The third-order valence-electron chi connectivity index (χ3n) is 2.18. The van der Waals surface area contributed by atoms with E-state index in [1.165, 1.54) is 25.7 Å². The van der Waals surface area contributed by atoms with Gasteiger partial charge in [-0.15, -0.1) is 0 Å². The van der Waals surface area contributed by atoms with Crippen molar-refractivity contribution in [2.45, 2.75) is 38.6 Å². The summed E-state index contributed by atoms with van der Waals surface area (Å²) in [6.45, 7) is 3.10. The Bertz CT molecular complexity index is 137. The second-order valence-corrected chi connectivity index (χ2v) is 2.99. The molecule has 0 radical (unpaired) electrons. The molecule has 0 aromatic rings. The van der Waals surface area contributed by atoms with E-state index in [1.807, 2.05) is 4.90 Å². The molecule has 56 valence electrons. The van der Waals surface area contributed by atoms with Crippen LogP contribution < -0.4 is 0 Å². The summed E-state index contributed by atoms with van der Waals surface area (Å²) < 4.78 is 0. The molecule has 1 aliphatic rings. The molecule has 10 heavy (non-hydrogen) atoms. The zero-order valence-corrected chi connectivity index (χ0v) is 6.51. The van der Waals surface area contributed by atoms with Gasteiger partial charge in [0.05, 0.1) is 0 Å². The Kier molecular flexibility index (Phi) is 2.56. The molecule has 0 bridgehead atoms. The molecule has 0 amide bonds. The van der Waals surface area contributed by atoms with Crippen molar-refractivity contribution < 1.29 is 0 Å². The minimum absolute atomic E-state index is 0.479. The first kappa shape index (κ1) is 7.40. The van der Waals surface area contributed by atoms with Gasteiger partial charge >= 0.3 is 0 Å². The molecule has 1 atom stereocenters. The van der Waals surface area contributed by atoms with Gasteiger partial charge in [0.25, 0.3) is 0 Å². The maximum absolute atomic E-state index is 8.66. The zero-order chi connectivity index (χ0) is 7.40. The molecule has 0 aromatic carbocycles. The van der Waals surface area contributed by atoms with E-state index in [1.54, 1.807) is 0 Å². The van der Waals surface area contributed by atoms with Crippen LogP contribution in [0.1, 0.15) is 32.6 Å². The fourth-order valence-electron chi connectivity index (χ4n) is 1.42. The first-order valence-corrected chi connectivity index (χ1v) is 4.01. The largest absolute Gasteiger partial charge is 0.308 e. The van der Waals surface area contributed by atoms with Crippen molar-refractivity contribution >= 4 is 0 Å². The number of rotatable bonds is 0. The number of hydrogen-bond donors (Lipinski definition) is 0. The maximum Gasteiger partial charge on any atom is 0.179 e. The second-order valence-electron chi connectivity index (χ2n) is 2.99. The van der Waals surface area contributed by atoms with Crippen molar-refractivity contribution in [2.75, 3.05) is 6.54 Å². The second kappa shape index (κ2) is 3.46. The van der Waals surface area contributed by atoms with Gasteiger partial charge in [-0.3, -0.25) is 0 Å². The minimum atomic E-state index is 0.479. The molecule has 1 fully saturated rings. The van der Waals surface area contributed by atoms with E-state index in [-0.39, 0.29) is 0 Å². The van der Waals surface area contributed by atoms with Crippen LogP contribution in [0, 0.1) is 11.5 Å². The lowest BCUT2D eigenvalue weighted by molar-refractivity contribution is 0.313. The van der Waals surface area contributed by atoms with E-state index in [0.29, 0.717) is 6.04 Å². The van der Waals surface area contributed by atoms with Crippen LogP contribution in [0.25, 0.3) is 0 Å². The Hall–Kier alpha value is -0.710. The first-order valence-electron chi connectivity index (χ1n) is 4.01. The first-order chi connectivity index (χ1) is 4.84. The van der Waals surface area contributed by atoms with Gasteiger partial charge in [-0.05, 0) is 19.8 Å². The smallest absolute Gasteiger partial charge is 0.179 e. The SMILES string of the molecule is CC1CCCCCN1C#N. The molecule has 0 saturated carbocycles. The van der Waals surface area contributed by atoms with Gasteiger partial charge in [0, 0.05) is 12.6 Å². The van der Waals surface area contributed by atoms with Gasteiger partial charge in [0.2, 0.25) is 0 Å². The van der Waals surface area contributed by atoms with Crippen molar-refractivity contribution in [1.82, 2.24) is 4.90 Å². The van der Waals surface area contributed by atoms with Gasteiger partial charge < -0.3 is 4.90 Å². The fraction of sp³-hybridized carbons (Fsp3) is 0.875. The molecule has 1 rings (SSSR count). The van der Waals surface area contributed by atoms with Crippen molar-refractivity contribution in [2.24, 2.45) is 0 Å². The summed E-state index contributed by atoms with van der Waals surface area (Å²) in [4.78, 5) is 1.90. The van der Waals surface area contributed by atoms with Crippen molar-refractivity contribution in [3.05, 3.63) is 0 Å². The molecule has 1 heterocycles. The van der Waals surface area contributed by atoms with Gasteiger partial charge in [0.1, 0.15) is 0 Å². The predicted octanol–water partition coefficient (Wildman–Crippen LogP) is 1.73. The van der Waals surface area contributed by atoms with E-state index >= 15 is 0 Å². The van der Waals surface area contributed by atoms with Gasteiger partial charge in [-0.1, -0.05) is 12.8 Å². The summed E-state index contributed by atoms with van der Waals surface area (Å²) in [5.41, 5.74) is 0. The summed E-state index contributed by atoms with van der Waals surface area (Å²) >= 11 is 0. The lowest BCUT2D eigenvalue weighted by Crippen LogP contribution is -2.27. The van der Waals surface area contributed by atoms with Crippen LogP contribution in [0.5, 0.6) is 0 Å². The average molecular weight is 138 g/mol. The highest BCUT2D eigenvalue weighted by atomic mass is 15.1. The Labute approximate surface area is 62.4 Å². The van der Waals surface area contributed by atoms with Crippen LogP contribution >= 0.6 is 0 Å². The summed E-state index contributed by atoms with van der Waals surface area (Å²) in [6, 6.07) is 0.479. The zero-order valence-electron chi connectivity index (χ0n) is 6.51. The molecule has 0 spiro atoms. The quantitative estimate of drug-likeness (QED) is 0.477. The van der Waals surface area contributed by atoms with Gasteiger partial charge in [-0.2, -0.15) is 5.26 Å². The van der Waals surface area contributed by atoms with Crippen molar-refractivity contribution in [3.63, 3.8) is 0 Å². The molecule has 0 aromatic heterocycles. The highest BCUT2D eigenvalue weighted by molar-refractivity contribution is 4.81. The third kappa shape index (κ3) is 1.63. The molecule has 1 unspecified atom stereocenters. The number of likely N-dealkylation sites (tertiary alicyclic amines) is 1. The minimum Gasteiger partial charge on any atom is -0.308 e. The van der Waals surface area contributed by atoms with E-state index in [4.69, 9.17) is 5.26 Å². The van der Waals surface area contributed by atoms with Crippen LogP contribution in [-0.4, -0.2) is 17.5 Å². The number of hydrogen-bond acceptors (Lipinski definition) is 2. The van der Waals surface area contributed by atoms with Crippen LogP contribution in [0.2, 0.25) is 0 Å². The average Bonchev–Trinajstić information content (AvgIpc) is 2.13. The monoisotopic (exact) mass is 138 g/mol. The van der Waals surface area contributed by atoms with Crippen LogP contribution in [0.3, 0.4) is 0 Å². The maximum atomic E-state index is 8.66. The van der Waals surface area contributed by atoms with Crippen LogP contribution in [0.4, 0.5) is 0 Å². The summed E-state index contributed by atoms with van der Waals surface area (Å²) in [5.74, 6) is 0. The Morgan fingerprint density at radius 1 is 1.40 bits per heavy atom. The third-order valence-corrected chi connectivity index (χ3v) is 2.18. The molecular weight excluding hydrogens is 124 g/mol. The van der Waals surface area contributed by atoms with Crippen molar-refractivity contribution in [3.8, 4) is 6.19 Å². The molecular formula is C8H14N2. The molecule has 0 aliphatic carbocycles. The lowest BCUT2D eigenvalue weighted by atomic mass is 10.1. The molecule has 0 N–H and O–H groups in total. The predicted molar refractivity (Wildman–Crippen MR) is 40.2 cm³/mol. The highest BCUT2D eigenvalue weighted by Gasteiger charge is 2.13. The summed E-state index contributed by atoms with van der Waals surface area (Å²) in [7, 11) is 0. The number of nitrogens with zero attached hydrogens (tertiary/aromatic N) is 2. The Morgan fingerprint density at radius 3 is 2.90 bits per heavy atom. The molecule has 2 heteroatoms. The van der Waals surface area contributed by atoms with E-state index in [9.17, 15) is 0 Å². The molecule has 1 aliphatic heterocycles. The number of nitriles is 1. The van der Waals surface area contributed by atoms with Crippen molar-refractivity contribution in [1.29, 1.82) is 5.26 Å². The standard InChI is InChI=1S/C8H14N2/c1-8-5-3-2-4-6-10(8)7-9/h8H,2-6H2,1H3. The topological polar surface area (TPSA) is 27.0 Å². The highest BCUT2D eigenvalue weighted by Crippen LogP contribution is 2.14. The van der Waals surface area contributed by atoms with E-state index in [2.05, 4.69) is 13.1 Å². The van der Waals surface area contributed by atoms with Crippen LogP contribution in [0.15, 0.2) is 0 Å². The molecule has 1 saturated heterocycles. The van der Waals surface area contributed by atoms with E-state index in [0.717, 1.165) is 6.54 Å².